The van der Waals surface area contributed by atoms with E-state index in [0.717, 1.165) is 29.7 Å². The Morgan fingerprint density at radius 3 is 2.56 bits per heavy atom. The highest BCUT2D eigenvalue weighted by Crippen LogP contribution is 2.19. The van der Waals surface area contributed by atoms with Crippen LogP contribution in [0.1, 0.15) is 29.5 Å². The third kappa shape index (κ3) is 6.40. The molecule has 25 heavy (non-hydrogen) atoms. The van der Waals surface area contributed by atoms with E-state index >= 15 is 0 Å². The lowest BCUT2D eigenvalue weighted by atomic mass is 10.0. The molecule has 0 radical (unpaired) electrons. The largest absolute Gasteiger partial charge is 0.497 e. The van der Waals surface area contributed by atoms with Crippen LogP contribution in [-0.4, -0.2) is 19.2 Å². The molecule has 0 fully saturated rings. The minimum absolute atomic E-state index is 0.129. The van der Waals surface area contributed by atoms with Gasteiger partial charge in [0.15, 0.2) is 0 Å². The van der Waals surface area contributed by atoms with Crippen molar-refractivity contribution in [2.75, 3.05) is 7.11 Å². The number of aryl methyl sites for hydroxylation is 2. The maximum absolute atomic E-state index is 11.8. The van der Waals surface area contributed by atoms with E-state index in [1.54, 1.807) is 25.3 Å². The molecule has 6 heteroatoms. The van der Waals surface area contributed by atoms with Crippen molar-refractivity contribution in [1.82, 2.24) is 5.43 Å². The van der Waals surface area contributed by atoms with Gasteiger partial charge in [-0.1, -0.05) is 29.3 Å². The zero-order chi connectivity index (χ0) is 18.2. The second-order valence-corrected chi connectivity index (χ2v) is 6.51. The lowest BCUT2D eigenvalue weighted by Crippen LogP contribution is -2.17. The summed E-state index contributed by atoms with van der Waals surface area (Å²) in [4.78, 5) is 11.8. The lowest BCUT2D eigenvalue weighted by Gasteiger charge is -2.07. The number of halogens is 2. The number of hydrazone groups is 1. The number of hydrogen-bond donors (Lipinski definition) is 1. The van der Waals surface area contributed by atoms with Gasteiger partial charge in [-0.15, -0.1) is 0 Å². The molecule has 0 unspecified atom stereocenters. The Kier molecular flexibility index (Phi) is 7.29. The molecule has 4 nitrogen and oxygen atoms in total. The van der Waals surface area contributed by atoms with Crippen molar-refractivity contribution in [2.24, 2.45) is 5.10 Å². The summed E-state index contributed by atoms with van der Waals surface area (Å²) in [7, 11) is 1.65. The Bertz CT molecular complexity index is 756. The van der Waals surface area contributed by atoms with E-state index in [2.05, 4.69) is 10.5 Å². The van der Waals surface area contributed by atoms with Crippen molar-refractivity contribution in [3.8, 4) is 5.75 Å². The molecule has 0 aromatic heterocycles. The topological polar surface area (TPSA) is 50.7 Å². The third-order valence-corrected chi connectivity index (χ3v) is 4.12. The van der Waals surface area contributed by atoms with Gasteiger partial charge in [-0.25, -0.2) is 5.43 Å². The number of ether oxygens (including phenoxy) is 1. The van der Waals surface area contributed by atoms with E-state index in [1.807, 2.05) is 25.1 Å². The molecule has 1 amide bonds. The van der Waals surface area contributed by atoms with Gasteiger partial charge in [-0.3, -0.25) is 4.79 Å². The number of amides is 1. The van der Waals surface area contributed by atoms with Crippen LogP contribution in [-0.2, 0) is 11.2 Å². The minimum Gasteiger partial charge on any atom is -0.497 e. The average molecular weight is 379 g/mol. The van der Waals surface area contributed by atoms with E-state index in [0.29, 0.717) is 16.5 Å². The number of benzene rings is 2. The van der Waals surface area contributed by atoms with Crippen molar-refractivity contribution in [1.29, 1.82) is 0 Å². The molecule has 0 saturated heterocycles. The standard InChI is InChI=1S/C19H20Cl2N2O2/c1-13-8-18(25-2)7-6-15(13)4-3-5-19(24)23-22-12-14-9-16(20)11-17(21)10-14/h6-12H,3-5H2,1-2H3,(H,23,24)/b22-12-. The van der Waals surface area contributed by atoms with E-state index in [4.69, 9.17) is 27.9 Å². The highest BCUT2D eigenvalue weighted by atomic mass is 35.5. The van der Waals surface area contributed by atoms with E-state index in [-0.39, 0.29) is 5.91 Å². The van der Waals surface area contributed by atoms with E-state index in [9.17, 15) is 4.79 Å². The summed E-state index contributed by atoms with van der Waals surface area (Å²) in [5, 5.41) is 4.98. The Hall–Kier alpha value is -2.04. The monoisotopic (exact) mass is 378 g/mol. The second-order valence-electron chi connectivity index (χ2n) is 5.64. The maximum atomic E-state index is 11.8. The lowest BCUT2D eigenvalue weighted by molar-refractivity contribution is -0.121. The molecule has 2 rings (SSSR count). The molecule has 2 aromatic carbocycles. The molecule has 0 aliphatic heterocycles. The minimum atomic E-state index is -0.129. The van der Waals surface area contributed by atoms with Crippen molar-refractivity contribution in [2.45, 2.75) is 26.2 Å². The van der Waals surface area contributed by atoms with Gasteiger partial charge in [0, 0.05) is 16.5 Å². The Labute approximate surface area is 157 Å². The first-order valence-corrected chi connectivity index (χ1v) is 8.65. The second kappa shape index (κ2) is 9.44. The van der Waals surface area contributed by atoms with Crippen molar-refractivity contribution >= 4 is 35.3 Å². The zero-order valence-corrected chi connectivity index (χ0v) is 15.7. The fraction of sp³-hybridized carbons (Fsp3) is 0.263. The molecule has 0 bridgehead atoms. The fourth-order valence-electron chi connectivity index (χ4n) is 2.40. The van der Waals surface area contributed by atoms with Crippen LogP contribution in [0.5, 0.6) is 5.75 Å². The quantitative estimate of drug-likeness (QED) is 0.556. The first-order valence-electron chi connectivity index (χ1n) is 7.89. The van der Waals surface area contributed by atoms with Crippen LogP contribution in [0.3, 0.4) is 0 Å². The van der Waals surface area contributed by atoms with Gasteiger partial charge in [0.05, 0.1) is 13.3 Å². The molecule has 0 heterocycles. The van der Waals surface area contributed by atoms with Gasteiger partial charge in [-0.05, 0) is 66.8 Å². The molecule has 0 atom stereocenters. The fourth-order valence-corrected chi connectivity index (χ4v) is 2.94. The summed E-state index contributed by atoms with van der Waals surface area (Å²) in [6.45, 7) is 2.04. The molecular formula is C19H20Cl2N2O2. The molecule has 2 aromatic rings. The van der Waals surface area contributed by atoms with Crippen LogP contribution >= 0.6 is 23.2 Å². The van der Waals surface area contributed by atoms with Crippen molar-refractivity contribution in [3.05, 3.63) is 63.1 Å². The number of methoxy groups -OCH3 is 1. The molecule has 132 valence electrons. The van der Waals surface area contributed by atoms with Gasteiger partial charge in [0.2, 0.25) is 5.91 Å². The first kappa shape index (κ1) is 19.3. The predicted molar refractivity (Wildman–Crippen MR) is 103 cm³/mol. The highest BCUT2D eigenvalue weighted by molar-refractivity contribution is 6.35. The molecular weight excluding hydrogens is 359 g/mol. The number of rotatable bonds is 7. The Morgan fingerprint density at radius 2 is 1.92 bits per heavy atom. The zero-order valence-electron chi connectivity index (χ0n) is 14.2. The van der Waals surface area contributed by atoms with Gasteiger partial charge >= 0.3 is 0 Å². The van der Waals surface area contributed by atoms with Gasteiger partial charge in [0.25, 0.3) is 0 Å². The molecule has 0 aliphatic carbocycles. The summed E-state index contributed by atoms with van der Waals surface area (Å²) < 4.78 is 5.19. The maximum Gasteiger partial charge on any atom is 0.240 e. The van der Waals surface area contributed by atoms with E-state index in [1.165, 1.54) is 11.8 Å². The van der Waals surface area contributed by atoms with Crippen LogP contribution in [0.25, 0.3) is 0 Å². The number of nitrogens with zero attached hydrogens (tertiary/aromatic N) is 1. The van der Waals surface area contributed by atoms with E-state index < -0.39 is 0 Å². The summed E-state index contributed by atoms with van der Waals surface area (Å²) >= 11 is 11.8. The predicted octanol–water partition coefficient (Wildman–Crippen LogP) is 4.78. The van der Waals surface area contributed by atoms with Gasteiger partial charge < -0.3 is 4.74 Å². The summed E-state index contributed by atoms with van der Waals surface area (Å²) in [5.74, 6) is 0.713. The van der Waals surface area contributed by atoms with Crippen LogP contribution in [0.4, 0.5) is 0 Å². The van der Waals surface area contributed by atoms with Crippen LogP contribution in [0.2, 0.25) is 10.0 Å². The number of carbonyl (C=O) groups excluding carboxylic acids is 1. The van der Waals surface area contributed by atoms with Crippen molar-refractivity contribution < 1.29 is 9.53 Å². The number of carbonyl (C=O) groups is 1. The Balaban J connectivity index is 1.78. The van der Waals surface area contributed by atoms with Crippen LogP contribution in [0.15, 0.2) is 41.5 Å². The van der Waals surface area contributed by atoms with Crippen molar-refractivity contribution in [3.63, 3.8) is 0 Å². The third-order valence-electron chi connectivity index (χ3n) is 3.69. The summed E-state index contributed by atoms with van der Waals surface area (Å²) in [6, 6.07) is 11.0. The Morgan fingerprint density at radius 1 is 1.20 bits per heavy atom. The van der Waals surface area contributed by atoms with Gasteiger partial charge in [-0.2, -0.15) is 5.10 Å². The molecule has 0 aliphatic rings. The molecule has 0 spiro atoms. The summed E-state index contributed by atoms with van der Waals surface area (Å²) in [6.07, 6.45) is 3.50. The number of nitrogens with one attached hydrogen (secondary N) is 1. The van der Waals surface area contributed by atoms with Crippen LogP contribution in [0, 0.1) is 6.92 Å². The smallest absolute Gasteiger partial charge is 0.240 e. The first-order chi connectivity index (χ1) is 12.0. The average Bonchev–Trinajstić information content (AvgIpc) is 2.55. The highest BCUT2D eigenvalue weighted by Gasteiger charge is 2.04. The summed E-state index contributed by atoms with van der Waals surface area (Å²) in [5.41, 5.74) is 5.62. The molecule has 1 N–H and O–H groups in total. The van der Waals surface area contributed by atoms with Crippen LogP contribution < -0.4 is 10.2 Å². The SMILES string of the molecule is COc1ccc(CCCC(=O)N/N=C\c2cc(Cl)cc(Cl)c2)c(C)c1. The normalized spacial score (nSPS) is 10.9. The molecule has 0 saturated carbocycles. The van der Waals surface area contributed by atoms with Gasteiger partial charge in [0.1, 0.15) is 5.75 Å². The number of hydrogen-bond acceptors (Lipinski definition) is 3.